The van der Waals surface area contributed by atoms with Crippen LogP contribution in [0.1, 0.15) is 46.8 Å². The standard InChI is InChI=1S/C44H47ClO7/c45-39-21-18-35(25-36(39)24-31-16-19-37(20-17-31)51-38-22-23-47-29-38)42-41(46)44(50-28-34-14-8-3-9-15-34)43(49-27-33-12-6-2-7-13-33)40(52-42)30-48-26-32-10-4-1-5-11-32/h1-16,18-21,25,31,38,40-44,46H,17,22-24,26-30H2. The second kappa shape index (κ2) is 18.3. The predicted molar refractivity (Wildman–Crippen MR) is 201 cm³/mol. The van der Waals surface area contributed by atoms with E-state index < -0.39 is 30.5 Å². The summed E-state index contributed by atoms with van der Waals surface area (Å²) < 4.78 is 37.8. The van der Waals surface area contributed by atoms with Gasteiger partial charge in [-0.2, -0.15) is 0 Å². The van der Waals surface area contributed by atoms with Gasteiger partial charge in [0.25, 0.3) is 0 Å². The molecule has 1 aliphatic carbocycles. The third-order valence-electron chi connectivity index (χ3n) is 9.85. The number of aliphatic hydroxyl groups is 1. The van der Waals surface area contributed by atoms with E-state index in [0.717, 1.165) is 59.4 Å². The lowest BCUT2D eigenvalue weighted by atomic mass is 9.88. The van der Waals surface area contributed by atoms with E-state index in [1.54, 1.807) is 0 Å². The minimum absolute atomic E-state index is 0.122. The quantitative estimate of drug-likeness (QED) is 0.132. The minimum Gasteiger partial charge on any atom is -0.488 e. The van der Waals surface area contributed by atoms with E-state index in [-0.39, 0.29) is 18.6 Å². The number of halogens is 1. The van der Waals surface area contributed by atoms with Crippen molar-refractivity contribution in [2.75, 3.05) is 19.8 Å². The van der Waals surface area contributed by atoms with E-state index in [1.807, 2.05) is 103 Å². The molecule has 2 fully saturated rings. The van der Waals surface area contributed by atoms with Crippen LogP contribution in [0.25, 0.3) is 0 Å². The van der Waals surface area contributed by atoms with Gasteiger partial charge in [-0.15, -0.1) is 0 Å². The van der Waals surface area contributed by atoms with Gasteiger partial charge in [0.15, 0.2) is 0 Å². The highest BCUT2D eigenvalue weighted by molar-refractivity contribution is 6.31. The van der Waals surface area contributed by atoms with Gasteiger partial charge >= 0.3 is 0 Å². The highest BCUT2D eigenvalue weighted by atomic mass is 35.5. The number of ether oxygens (including phenoxy) is 6. The fraction of sp³-hybridized carbons (Fsp3) is 0.364. The molecule has 2 saturated heterocycles. The summed E-state index contributed by atoms with van der Waals surface area (Å²) in [7, 11) is 0. The summed E-state index contributed by atoms with van der Waals surface area (Å²) in [6.07, 6.45) is 5.46. The summed E-state index contributed by atoms with van der Waals surface area (Å²) in [6.45, 7) is 2.71. The molecule has 3 aliphatic rings. The monoisotopic (exact) mass is 722 g/mol. The molecular weight excluding hydrogens is 676 g/mol. The molecule has 272 valence electrons. The Kier molecular flexibility index (Phi) is 12.9. The lowest BCUT2D eigenvalue weighted by Crippen LogP contribution is -2.57. The van der Waals surface area contributed by atoms with Crippen molar-refractivity contribution < 1.29 is 33.5 Å². The Labute approximate surface area is 311 Å². The number of allylic oxidation sites excluding steroid dienone is 3. The third-order valence-corrected chi connectivity index (χ3v) is 10.2. The first-order valence-corrected chi connectivity index (χ1v) is 18.6. The van der Waals surface area contributed by atoms with E-state index in [9.17, 15) is 5.11 Å². The van der Waals surface area contributed by atoms with Gasteiger partial charge in [-0.3, -0.25) is 0 Å². The maximum absolute atomic E-state index is 12.1. The van der Waals surface area contributed by atoms with Crippen molar-refractivity contribution in [3.63, 3.8) is 0 Å². The average Bonchev–Trinajstić information content (AvgIpc) is 3.70. The average molecular weight is 723 g/mol. The SMILES string of the molecule is OC1C(c2ccc(Cl)c(CC3C=CC(OC4CCOC4)=CC3)c2)OC(COCc2ccccc2)C(OCc2ccccc2)C1OCc1ccccc1. The van der Waals surface area contributed by atoms with Crippen LogP contribution in [-0.4, -0.2) is 55.4 Å². The van der Waals surface area contributed by atoms with E-state index in [4.69, 9.17) is 40.0 Å². The summed E-state index contributed by atoms with van der Waals surface area (Å²) in [5.74, 6) is 1.16. The van der Waals surface area contributed by atoms with Crippen LogP contribution in [0.4, 0.5) is 0 Å². The molecule has 4 aromatic carbocycles. The summed E-state index contributed by atoms with van der Waals surface area (Å²) >= 11 is 6.81. The molecule has 7 atom stereocenters. The molecule has 0 saturated carbocycles. The predicted octanol–water partition coefficient (Wildman–Crippen LogP) is 8.34. The summed E-state index contributed by atoms with van der Waals surface area (Å²) in [5, 5.41) is 12.8. The first-order valence-electron chi connectivity index (χ1n) is 18.3. The molecular formula is C44H47ClO7. The molecule has 0 amide bonds. The van der Waals surface area contributed by atoms with Crippen LogP contribution in [0, 0.1) is 5.92 Å². The van der Waals surface area contributed by atoms with E-state index in [2.05, 4.69) is 24.3 Å². The van der Waals surface area contributed by atoms with Crippen LogP contribution in [0.3, 0.4) is 0 Å². The van der Waals surface area contributed by atoms with Crippen LogP contribution in [-0.2, 0) is 54.7 Å². The van der Waals surface area contributed by atoms with Gasteiger partial charge in [0.2, 0.25) is 0 Å². The highest BCUT2D eigenvalue weighted by Gasteiger charge is 2.47. The Morgan fingerprint density at radius 1 is 0.769 bits per heavy atom. The third kappa shape index (κ3) is 9.79. The van der Waals surface area contributed by atoms with Gasteiger partial charge in [0.05, 0.1) is 39.6 Å². The van der Waals surface area contributed by atoms with Gasteiger partial charge < -0.3 is 33.5 Å². The number of benzene rings is 4. The van der Waals surface area contributed by atoms with Crippen molar-refractivity contribution in [1.82, 2.24) is 0 Å². The van der Waals surface area contributed by atoms with Crippen molar-refractivity contribution in [2.24, 2.45) is 5.92 Å². The zero-order valence-corrected chi connectivity index (χ0v) is 30.1. The molecule has 2 aliphatic heterocycles. The first-order chi connectivity index (χ1) is 25.6. The fourth-order valence-corrected chi connectivity index (χ4v) is 7.22. The van der Waals surface area contributed by atoms with Crippen LogP contribution in [0.2, 0.25) is 5.02 Å². The lowest BCUT2D eigenvalue weighted by molar-refractivity contribution is -0.263. The minimum atomic E-state index is -1.03. The Balaban J connectivity index is 1.11. The van der Waals surface area contributed by atoms with Crippen molar-refractivity contribution in [1.29, 1.82) is 0 Å². The van der Waals surface area contributed by atoms with Gasteiger partial charge in [-0.05, 0) is 64.8 Å². The zero-order valence-electron chi connectivity index (χ0n) is 29.3. The molecule has 1 N–H and O–H groups in total. The Bertz CT molecular complexity index is 1740. The Morgan fingerprint density at radius 3 is 2.04 bits per heavy atom. The van der Waals surface area contributed by atoms with E-state index in [1.165, 1.54) is 0 Å². The molecule has 4 aromatic rings. The van der Waals surface area contributed by atoms with Crippen molar-refractivity contribution in [3.05, 3.63) is 166 Å². The van der Waals surface area contributed by atoms with Crippen LogP contribution in [0.5, 0.6) is 0 Å². The number of hydrogen-bond donors (Lipinski definition) is 1. The molecule has 0 spiro atoms. The van der Waals surface area contributed by atoms with Crippen molar-refractivity contribution in [3.8, 4) is 0 Å². The number of aliphatic hydroxyl groups excluding tert-OH is 1. The van der Waals surface area contributed by atoms with E-state index in [0.29, 0.717) is 31.5 Å². The van der Waals surface area contributed by atoms with Crippen LogP contribution < -0.4 is 0 Å². The van der Waals surface area contributed by atoms with Gasteiger partial charge in [-0.1, -0.05) is 121 Å². The molecule has 0 radical (unpaired) electrons. The Morgan fingerprint density at radius 2 is 1.42 bits per heavy atom. The molecule has 0 bridgehead atoms. The lowest BCUT2D eigenvalue weighted by Gasteiger charge is -2.45. The molecule has 7 rings (SSSR count). The molecule has 8 heteroatoms. The maximum atomic E-state index is 12.1. The number of hydrogen-bond acceptors (Lipinski definition) is 7. The van der Waals surface area contributed by atoms with Crippen molar-refractivity contribution >= 4 is 11.6 Å². The maximum Gasteiger partial charge on any atom is 0.124 e. The molecule has 0 aromatic heterocycles. The molecule has 2 heterocycles. The molecule has 7 unspecified atom stereocenters. The summed E-state index contributed by atoms with van der Waals surface area (Å²) in [5.41, 5.74) is 4.91. The van der Waals surface area contributed by atoms with E-state index >= 15 is 0 Å². The zero-order chi connectivity index (χ0) is 35.5. The fourth-order valence-electron chi connectivity index (χ4n) is 7.02. The van der Waals surface area contributed by atoms with Crippen LogP contribution >= 0.6 is 11.6 Å². The summed E-state index contributed by atoms with van der Waals surface area (Å²) in [4.78, 5) is 0. The van der Waals surface area contributed by atoms with Crippen LogP contribution in [0.15, 0.2) is 133 Å². The second-order valence-electron chi connectivity index (χ2n) is 13.7. The van der Waals surface area contributed by atoms with Gasteiger partial charge in [0, 0.05) is 11.4 Å². The van der Waals surface area contributed by atoms with Gasteiger partial charge in [-0.25, -0.2) is 0 Å². The summed E-state index contributed by atoms with van der Waals surface area (Å²) in [6, 6.07) is 35.9. The number of rotatable bonds is 15. The highest BCUT2D eigenvalue weighted by Crippen LogP contribution is 2.38. The molecule has 52 heavy (non-hydrogen) atoms. The van der Waals surface area contributed by atoms with Gasteiger partial charge in [0.1, 0.15) is 42.4 Å². The second-order valence-corrected chi connectivity index (χ2v) is 14.1. The smallest absolute Gasteiger partial charge is 0.124 e. The first kappa shape index (κ1) is 36.6. The normalized spacial score (nSPS) is 25.9. The Hall–Kier alpha value is -3.79. The largest absolute Gasteiger partial charge is 0.488 e. The topological polar surface area (TPSA) is 75.6 Å². The van der Waals surface area contributed by atoms with Crippen molar-refractivity contribution in [2.45, 2.75) is 75.7 Å². The molecule has 7 nitrogen and oxygen atoms in total.